The summed E-state index contributed by atoms with van der Waals surface area (Å²) in [7, 11) is 4.92. The monoisotopic (exact) mass is 386 g/mol. The molecule has 0 saturated carbocycles. The van der Waals surface area contributed by atoms with Crippen molar-refractivity contribution in [2.75, 3.05) is 21.3 Å². The van der Waals surface area contributed by atoms with Crippen LogP contribution in [0.2, 0.25) is 0 Å². The molecule has 0 amide bonds. The zero-order valence-electron chi connectivity index (χ0n) is 16.6. The summed E-state index contributed by atoms with van der Waals surface area (Å²) in [5.41, 5.74) is 3.97. The number of hydrogen-bond acceptors (Lipinski definition) is 4. The molecule has 0 aliphatic carbocycles. The maximum Gasteiger partial charge on any atom is 0.161 e. The summed E-state index contributed by atoms with van der Waals surface area (Å²) in [4.78, 5) is 0. The molecule has 0 N–H and O–H groups in total. The number of benzene rings is 3. The molecule has 0 spiro atoms. The first-order valence-electron chi connectivity index (χ1n) is 9.29. The molecular formula is C25H22O4. The van der Waals surface area contributed by atoms with E-state index in [4.69, 9.17) is 18.9 Å². The Morgan fingerprint density at radius 3 is 2.10 bits per heavy atom. The van der Waals surface area contributed by atoms with Crippen LogP contribution in [0.5, 0.6) is 17.2 Å². The van der Waals surface area contributed by atoms with Crippen molar-refractivity contribution < 1.29 is 18.9 Å². The third-order valence-electron chi connectivity index (χ3n) is 4.80. The highest BCUT2D eigenvalue weighted by atomic mass is 16.5. The minimum absolute atomic E-state index is 0.662. The molecule has 29 heavy (non-hydrogen) atoms. The molecule has 0 atom stereocenters. The fraction of sp³-hybridized carbons (Fsp3) is 0.120. The molecule has 4 rings (SSSR count). The van der Waals surface area contributed by atoms with E-state index in [2.05, 4.69) is 0 Å². The Balaban J connectivity index is 1.85. The highest BCUT2D eigenvalue weighted by Gasteiger charge is 2.21. The molecule has 3 aromatic carbocycles. The van der Waals surface area contributed by atoms with Crippen LogP contribution < -0.4 is 14.2 Å². The van der Waals surface area contributed by atoms with Gasteiger partial charge in [-0.1, -0.05) is 30.3 Å². The molecular weight excluding hydrogens is 364 g/mol. The number of methoxy groups -OCH3 is 3. The van der Waals surface area contributed by atoms with E-state index in [-0.39, 0.29) is 0 Å². The lowest BCUT2D eigenvalue weighted by Gasteiger charge is -2.23. The Kier molecular flexibility index (Phi) is 5.25. The standard InChI is InChI=1S/C25H22O4/c1-26-20-11-9-18(10-12-20)22-14-19-15-24(27-2)25(28-3)16-21(19)23(29-22)13-17-7-5-4-6-8-17/h4-16H,1-3H3. The first-order valence-corrected chi connectivity index (χ1v) is 9.29. The van der Waals surface area contributed by atoms with Crippen molar-refractivity contribution in [1.82, 2.24) is 0 Å². The van der Waals surface area contributed by atoms with Gasteiger partial charge in [-0.15, -0.1) is 0 Å². The Bertz CT molecular complexity index is 1060. The minimum atomic E-state index is 0.662. The maximum atomic E-state index is 6.33. The topological polar surface area (TPSA) is 36.9 Å². The Labute approximate surface area is 170 Å². The van der Waals surface area contributed by atoms with Crippen molar-refractivity contribution in [3.63, 3.8) is 0 Å². The van der Waals surface area contributed by atoms with Crippen LogP contribution in [0.3, 0.4) is 0 Å². The van der Waals surface area contributed by atoms with E-state index in [1.807, 2.05) is 78.9 Å². The van der Waals surface area contributed by atoms with Crippen molar-refractivity contribution >= 4 is 23.7 Å². The van der Waals surface area contributed by atoms with Gasteiger partial charge in [0.1, 0.15) is 17.3 Å². The Hall–Kier alpha value is -3.66. The molecule has 4 nitrogen and oxygen atoms in total. The molecule has 4 heteroatoms. The predicted octanol–water partition coefficient (Wildman–Crippen LogP) is 5.74. The van der Waals surface area contributed by atoms with Gasteiger partial charge in [0.05, 0.1) is 21.3 Å². The van der Waals surface area contributed by atoms with Crippen LogP contribution >= 0.6 is 0 Å². The summed E-state index contributed by atoms with van der Waals surface area (Å²) in [5, 5.41) is 0. The molecule has 146 valence electrons. The smallest absolute Gasteiger partial charge is 0.161 e. The number of fused-ring (bicyclic) bond motifs is 1. The average molecular weight is 386 g/mol. The van der Waals surface area contributed by atoms with Gasteiger partial charge in [-0.2, -0.15) is 0 Å². The van der Waals surface area contributed by atoms with Gasteiger partial charge in [0, 0.05) is 11.1 Å². The average Bonchev–Trinajstić information content (AvgIpc) is 2.78. The second-order valence-electron chi connectivity index (χ2n) is 6.55. The fourth-order valence-electron chi connectivity index (χ4n) is 3.28. The van der Waals surface area contributed by atoms with E-state index >= 15 is 0 Å². The third kappa shape index (κ3) is 3.83. The molecule has 1 aliphatic heterocycles. The SMILES string of the molecule is COc1ccc(C2=Cc3cc(OC)c(OC)cc3C(=Cc3ccccc3)O2)cc1. The predicted molar refractivity (Wildman–Crippen MR) is 116 cm³/mol. The van der Waals surface area contributed by atoms with Gasteiger partial charge >= 0.3 is 0 Å². The minimum Gasteiger partial charge on any atom is -0.497 e. The zero-order chi connectivity index (χ0) is 20.2. The summed E-state index contributed by atoms with van der Waals surface area (Å²) in [6, 6.07) is 21.8. The molecule has 0 aromatic heterocycles. The number of rotatable bonds is 5. The molecule has 0 fully saturated rings. The number of ether oxygens (including phenoxy) is 4. The molecule has 0 bridgehead atoms. The molecule has 0 radical (unpaired) electrons. The van der Waals surface area contributed by atoms with E-state index < -0.39 is 0 Å². The highest BCUT2D eigenvalue weighted by molar-refractivity contribution is 5.94. The summed E-state index contributed by atoms with van der Waals surface area (Å²) in [5.74, 6) is 3.65. The van der Waals surface area contributed by atoms with E-state index in [0.29, 0.717) is 11.5 Å². The second-order valence-corrected chi connectivity index (χ2v) is 6.55. The Morgan fingerprint density at radius 2 is 1.45 bits per heavy atom. The van der Waals surface area contributed by atoms with Crippen LogP contribution in [-0.2, 0) is 4.74 Å². The molecule has 1 aliphatic rings. The lowest BCUT2D eigenvalue weighted by Crippen LogP contribution is -2.03. The van der Waals surface area contributed by atoms with Gasteiger partial charge in [0.2, 0.25) is 0 Å². The zero-order valence-corrected chi connectivity index (χ0v) is 16.6. The quantitative estimate of drug-likeness (QED) is 0.560. The van der Waals surface area contributed by atoms with E-state index in [0.717, 1.165) is 39.5 Å². The molecule has 1 heterocycles. The summed E-state index contributed by atoms with van der Waals surface area (Å²) in [6.45, 7) is 0. The highest BCUT2D eigenvalue weighted by Crippen LogP contribution is 2.41. The van der Waals surface area contributed by atoms with Gasteiger partial charge in [-0.25, -0.2) is 0 Å². The normalized spacial score (nSPS) is 13.9. The van der Waals surface area contributed by atoms with Crippen molar-refractivity contribution in [3.05, 3.63) is 89.0 Å². The van der Waals surface area contributed by atoms with Gasteiger partial charge in [-0.3, -0.25) is 0 Å². The van der Waals surface area contributed by atoms with Crippen LogP contribution in [0.25, 0.3) is 23.7 Å². The van der Waals surface area contributed by atoms with Gasteiger partial charge < -0.3 is 18.9 Å². The largest absolute Gasteiger partial charge is 0.497 e. The second kappa shape index (κ2) is 8.15. The summed E-state index contributed by atoms with van der Waals surface area (Å²) >= 11 is 0. The van der Waals surface area contributed by atoms with Crippen molar-refractivity contribution in [2.45, 2.75) is 0 Å². The van der Waals surface area contributed by atoms with Gasteiger partial charge in [-0.05, 0) is 59.7 Å². The van der Waals surface area contributed by atoms with Crippen LogP contribution in [0, 0.1) is 0 Å². The van der Waals surface area contributed by atoms with E-state index in [1.165, 1.54) is 0 Å². The summed E-state index contributed by atoms with van der Waals surface area (Å²) < 4.78 is 22.6. The Morgan fingerprint density at radius 1 is 0.759 bits per heavy atom. The lowest BCUT2D eigenvalue weighted by atomic mass is 9.98. The van der Waals surface area contributed by atoms with E-state index in [1.54, 1.807) is 21.3 Å². The lowest BCUT2D eigenvalue weighted by molar-refractivity contribution is 0.354. The molecule has 3 aromatic rings. The van der Waals surface area contributed by atoms with Crippen LogP contribution in [0.15, 0.2) is 66.7 Å². The van der Waals surface area contributed by atoms with Crippen molar-refractivity contribution in [2.24, 2.45) is 0 Å². The molecule has 0 saturated heterocycles. The first-order chi connectivity index (χ1) is 14.2. The van der Waals surface area contributed by atoms with Crippen LogP contribution in [-0.4, -0.2) is 21.3 Å². The van der Waals surface area contributed by atoms with Crippen LogP contribution in [0.1, 0.15) is 22.3 Å². The maximum absolute atomic E-state index is 6.33. The van der Waals surface area contributed by atoms with Crippen LogP contribution in [0.4, 0.5) is 0 Å². The van der Waals surface area contributed by atoms with Crippen molar-refractivity contribution in [1.29, 1.82) is 0 Å². The first kappa shape index (κ1) is 18.7. The molecule has 0 unspecified atom stereocenters. The number of hydrogen-bond donors (Lipinski definition) is 0. The van der Waals surface area contributed by atoms with Crippen molar-refractivity contribution in [3.8, 4) is 17.2 Å². The van der Waals surface area contributed by atoms with Gasteiger partial charge in [0.15, 0.2) is 11.5 Å². The van der Waals surface area contributed by atoms with E-state index in [9.17, 15) is 0 Å². The fourth-order valence-corrected chi connectivity index (χ4v) is 3.28. The third-order valence-corrected chi connectivity index (χ3v) is 4.80. The summed E-state index contributed by atoms with van der Waals surface area (Å²) in [6.07, 6.45) is 4.04. The van der Waals surface area contributed by atoms with Gasteiger partial charge in [0.25, 0.3) is 0 Å².